The molecule has 1 unspecified atom stereocenters. The fraction of sp³-hybridized carbons (Fsp3) is 0.333. The molecule has 0 spiro atoms. The average Bonchev–Trinajstić information content (AvgIpc) is 2.96. The Bertz CT molecular complexity index is 782. The molecule has 0 saturated heterocycles. The second kappa shape index (κ2) is 6.28. The summed E-state index contributed by atoms with van der Waals surface area (Å²) in [6.07, 6.45) is 1.03. The number of anilines is 1. The van der Waals surface area contributed by atoms with Crippen LogP contribution in [0, 0.1) is 6.92 Å². The lowest BCUT2D eigenvalue weighted by molar-refractivity contribution is 0.0950. The Morgan fingerprint density at radius 1 is 1.30 bits per heavy atom. The molecule has 0 bridgehead atoms. The van der Waals surface area contributed by atoms with E-state index in [1.807, 2.05) is 6.07 Å². The summed E-state index contributed by atoms with van der Waals surface area (Å²) in [5, 5.41) is 2.87. The predicted octanol–water partition coefficient (Wildman–Crippen LogP) is 1.86. The molecule has 2 N–H and O–H groups in total. The van der Waals surface area contributed by atoms with Crippen LogP contribution in [0.5, 0.6) is 0 Å². The van der Waals surface area contributed by atoms with Crippen molar-refractivity contribution in [1.82, 2.24) is 10.3 Å². The predicted molar refractivity (Wildman–Crippen MR) is 91.1 cm³/mol. The highest BCUT2D eigenvalue weighted by molar-refractivity contribution is 5.93. The van der Waals surface area contributed by atoms with Crippen molar-refractivity contribution in [2.45, 2.75) is 26.3 Å². The van der Waals surface area contributed by atoms with Gasteiger partial charge in [-0.15, -0.1) is 0 Å². The van der Waals surface area contributed by atoms with E-state index in [1.54, 1.807) is 19.1 Å². The SMILES string of the molecule is Cc1ccc(C(=O)NCC(C)N2CCc3ccccc32)c(=O)[nH]1. The van der Waals surface area contributed by atoms with Gasteiger partial charge in [-0.1, -0.05) is 18.2 Å². The van der Waals surface area contributed by atoms with Gasteiger partial charge in [0.2, 0.25) is 0 Å². The molecule has 1 aliphatic rings. The summed E-state index contributed by atoms with van der Waals surface area (Å²) in [6.45, 7) is 5.33. The molecule has 0 aliphatic carbocycles. The lowest BCUT2D eigenvalue weighted by atomic mass is 10.1. The first kappa shape index (κ1) is 15.3. The summed E-state index contributed by atoms with van der Waals surface area (Å²) >= 11 is 0. The number of nitrogens with one attached hydrogen (secondary N) is 2. The van der Waals surface area contributed by atoms with Gasteiger partial charge in [-0.3, -0.25) is 9.59 Å². The zero-order chi connectivity index (χ0) is 16.4. The van der Waals surface area contributed by atoms with E-state index < -0.39 is 0 Å². The van der Waals surface area contributed by atoms with E-state index in [9.17, 15) is 9.59 Å². The number of H-pyrrole nitrogens is 1. The van der Waals surface area contributed by atoms with Crippen LogP contribution >= 0.6 is 0 Å². The molecule has 0 fully saturated rings. The van der Waals surface area contributed by atoms with Gasteiger partial charge in [0, 0.05) is 30.5 Å². The molecule has 1 aromatic heterocycles. The summed E-state index contributed by atoms with van der Waals surface area (Å²) in [5.41, 5.74) is 3.14. The molecular weight excluding hydrogens is 290 g/mol. The van der Waals surface area contributed by atoms with Crippen molar-refractivity contribution in [1.29, 1.82) is 0 Å². The number of carbonyl (C=O) groups excluding carboxylic acids is 1. The highest BCUT2D eigenvalue weighted by Crippen LogP contribution is 2.28. The highest BCUT2D eigenvalue weighted by Gasteiger charge is 2.23. The van der Waals surface area contributed by atoms with Crippen molar-refractivity contribution in [2.24, 2.45) is 0 Å². The van der Waals surface area contributed by atoms with E-state index in [1.165, 1.54) is 11.3 Å². The highest BCUT2D eigenvalue weighted by atomic mass is 16.2. The Morgan fingerprint density at radius 2 is 2.09 bits per heavy atom. The topological polar surface area (TPSA) is 65.2 Å². The molecule has 5 heteroatoms. The quantitative estimate of drug-likeness (QED) is 0.906. The van der Waals surface area contributed by atoms with Crippen molar-refractivity contribution in [3.63, 3.8) is 0 Å². The van der Waals surface area contributed by atoms with Crippen LogP contribution < -0.4 is 15.8 Å². The van der Waals surface area contributed by atoms with Gasteiger partial charge in [-0.05, 0) is 44.0 Å². The van der Waals surface area contributed by atoms with Crippen LogP contribution in [-0.4, -0.2) is 30.0 Å². The van der Waals surface area contributed by atoms with Gasteiger partial charge in [-0.2, -0.15) is 0 Å². The van der Waals surface area contributed by atoms with Crippen LogP contribution in [0.3, 0.4) is 0 Å². The van der Waals surface area contributed by atoms with Crippen molar-refractivity contribution in [3.05, 3.63) is 63.6 Å². The van der Waals surface area contributed by atoms with Crippen molar-refractivity contribution in [3.8, 4) is 0 Å². The lowest BCUT2D eigenvalue weighted by Gasteiger charge is -2.27. The van der Waals surface area contributed by atoms with Gasteiger partial charge in [-0.25, -0.2) is 0 Å². The summed E-state index contributed by atoms with van der Waals surface area (Å²) in [6, 6.07) is 11.8. The number of pyridine rings is 1. The van der Waals surface area contributed by atoms with Crippen LogP contribution in [0.4, 0.5) is 5.69 Å². The van der Waals surface area contributed by atoms with Gasteiger partial charge in [0.1, 0.15) is 5.56 Å². The molecule has 1 atom stereocenters. The van der Waals surface area contributed by atoms with Gasteiger partial charge >= 0.3 is 0 Å². The summed E-state index contributed by atoms with van der Waals surface area (Å²) in [5.74, 6) is -0.328. The van der Waals surface area contributed by atoms with Crippen molar-refractivity contribution < 1.29 is 4.79 Å². The molecular formula is C18H21N3O2. The first-order valence-corrected chi connectivity index (χ1v) is 7.89. The van der Waals surface area contributed by atoms with Crippen LogP contribution in [0.15, 0.2) is 41.2 Å². The molecule has 2 heterocycles. The molecule has 3 rings (SSSR count). The summed E-state index contributed by atoms with van der Waals surface area (Å²) < 4.78 is 0. The largest absolute Gasteiger partial charge is 0.366 e. The second-order valence-electron chi connectivity index (χ2n) is 6.02. The second-order valence-corrected chi connectivity index (χ2v) is 6.02. The van der Waals surface area contributed by atoms with Gasteiger partial charge in [0.05, 0.1) is 0 Å². The van der Waals surface area contributed by atoms with Crippen molar-refractivity contribution in [2.75, 3.05) is 18.0 Å². The summed E-state index contributed by atoms with van der Waals surface area (Å²) in [4.78, 5) is 29.0. The molecule has 1 amide bonds. The number of aryl methyl sites for hydroxylation is 1. The molecule has 0 saturated carbocycles. The zero-order valence-electron chi connectivity index (χ0n) is 13.4. The first-order chi connectivity index (χ1) is 11.1. The number of hydrogen-bond donors (Lipinski definition) is 2. The number of benzene rings is 1. The Balaban J connectivity index is 1.64. The fourth-order valence-electron chi connectivity index (χ4n) is 3.02. The number of fused-ring (bicyclic) bond motifs is 1. The number of carbonyl (C=O) groups is 1. The number of aromatic amines is 1. The Labute approximate surface area is 135 Å². The smallest absolute Gasteiger partial charge is 0.260 e. The van der Waals surface area contributed by atoms with Crippen LogP contribution in [0.2, 0.25) is 0 Å². The van der Waals surface area contributed by atoms with Gasteiger partial charge in [0.25, 0.3) is 11.5 Å². The number of rotatable bonds is 4. The molecule has 0 radical (unpaired) electrons. The van der Waals surface area contributed by atoms with Crippen LogP contribution in [0.1, 0.15) is 28.5 Å². The van der Waals surface area contributed by atoms with E-state index in [2.05, 4.69) is 40.3 Å². The lowest BCUT2D eigenvalue weighted by Crippen LogP contribution is -2.42. The van der Waals surface area contributed by atoms with E-state index in [0.29, 0.717) is 6.54 Å². The van der Waals surface area contributed by atoms with E-state index in [-0.39, 0.29) is 23.1 Å². The minimum atomic E-state index is -0.346. The van der Waals surface area contributed by atoms with E-state index >= 15 is 0 Å². The fourth-order valence-corrected chi connectivity index (χ4v) is 3.02. The minimum absolute atomic E-state index is 0.157. The number of amides is 1. The van der Waals surface area contributed by atoms with Crippen LogP contribution in [-0.2, 0) is 6.42 Å². The third-order valence-corrected chi connectivity index (χ3v) is 4.31. The van der Waals surface area contributed by atoms with E-state index in [4.69, 9.17) is 0 Å². The first-order valence-electron chi connectivity index (χ1n) is 7.89. The maximum atomic E-state index is 12.2. The Kier molecular flexibility index (Phi) is 4.19. The molecule has 23 heavy (non-hydrogen) atoms. The van der Waals surface area contributed by atoms with Crippen molar-refractivity contribution >= 4 is 11.6 Å². The Morgan fingerprint density at radius 3 is 2.87 bits per heavy atom. The average molecular weight is 311 g/mol. The normalized spacial score (nSPS) is 14.4. The molecule has 2 aromatic rings. The number of hydrogen-bond acceptors (Lipinski definition) is 3. The number of para-hydroxylation sites is 1. The maximum Gasteiger partial charge on any atom is 0.260 e. The number of nitrogens with zero attached hydrogens (tertiary/aromatic N) is 1. The maximum absolute atomic E-state index is 12.2. The zero-order valence-corrected chi connectivity index (χ0v) is 13.4. The third-order valence-electron chi connectivity index (χ3n) is 4.31. The monoisotopic (exact) mass is 311 g/mol. The number of aromatic nitrogens is 1. The van der Waals surface area contributed by atoms with Gasteiger partial charge < -0.3 is 15.2 Å². The molecule has 1 aliphatic heterocycles. The summed E-state index contributed by atoms with van der Waals surface area (Å²) in [7, 11) is 0. The third kappa shape index (κ3) is 3.13. The molecule has 120 valence electrons. The standard InChI is InChI=1S/C18H21N3O2/c1-12-7-8-15(18(23)20-12)17(22)19-11-13(2)21-10-9-14-5-3-4-6-16(14)21/h3-8,13H,9-11H2,1-2H3,(H,19,22)(H,20,23). The molecule has 5 nitrogen and oxygen atoms in total. The Hall–Kier alpha value is -2.56. The minimum Gasteiger partial charge on any atom is -0.366 e. The molecule has 1 aromatic carbocycles. The van der Waals surface area contributed by atoms with Crippen LogP contribution in [0.25, 0.3) is 0 Å². The van der Waals surface area contributed by atoms with E-state index in [0.717, 1.165) is 18.7 Å². The van der Waals surface area contributed by atoms with Gasteiger partial charge in [0.15, 0.2) is 0 Å².